The summed E-state index contributed by atoms with van der Waals surface area (Å²) in [5.41, 5.74) is 7.78. The number of thiophene rings is 2. The molecule has 0 saturated carbocycles. The van der Waals surface area contributed by atoms with Crippen molar-refractivity contribution in [2.45, 2.75) is 0 Å². The molecule has 0 aliphatic heterocycles. The number of nitrogens with zero attached hydrogens (tertiary/aromatic N) is 2. The molecule has 19 rings (SSSR count). The predicted octanol–water partition coefficient (Wildman–Crippen LogP) is 22.7. The molecule has 0 unspecified atom stereocenters. The van der Waals surface area contributed by atoms with Crippen LogP contribution in [0.1, 0.15) is 27.4 Å². The summed E-state index contributed by atoms with van der Waals surface area (Å²) in [6, 6.07) is 37.3. The summed E-state index contributed by atoms with van der Waals surface area (Å²) in [6.07, 6.45) is 0. The standard InChI is InChI=1S/C78H44N2S2/c1-5-17-45(18-6-1)51-33-52(46-19-7-2-8-20-46)36-55(35-51)49-29-31-59-67(39-49)79-69-43-62-64-42-66-58-26-14-16-28-72(58)82-78(66)74-60-32-30-50(56-37-53(47-21-9-3-10-22-47)34-54(38-56)48-23-11-4-12-24-48)40-68(60)80(76(64)74)70(62)44-61(69)63-41-65-57-25-13-15-27-71(57)81-77(65)73(59)75(63)79/h1-44H/i1D,2D,3D,4D,5D,6D,7D,8D,9D,10D,11D,12D,17D,18D,19D,20D,21D,22D,23D,24D. The number of fused-ring (bicyclic) bond motifs is 20. The molecule has 0 fully saturated rings. The molecular weight excluding hydrogens is 1030 g/mol. The van der Waals surface area contributed by atoms with Gasteiger partial charge in [0.25, 0.3) is 0 Å². The largest absolute Gasteiger partial charge is 0.308 e. The van der Waals surface area contributed by atoms with Crippen LogP contribution in [0.4, 0.5) is 0 Å². The van der Waals surface area contributed by atoms with Crippen LogP contribution in [0.5, 0.6) is 0 Å². The second-order valence-corrected chi connectivity index (χ2v) is 23.0. The molecule has 0 aliphatic rings. The van der Waals surface area contributed by atoms with Crippen LogP contribution in [0, 0.1) is 0 Å². The van der Waals surface area contributed by atoms with Crippen LogP contribution in [0.15, 0.2) is 266 Å². The van der Waals surface area contributed by atoms with Crippen LogP contribution in [0.3, 0.4) is 0 Å². The first-order chi connectivity index (χ1) is 48.9. The van der Waals surface area contributed by atoms with Gasteiger partial charge in [0, 0.05) is 83.4 Å². The van der Waals surface area contributed by atoms with Gasteiger partial charge >= 0.3 is 0 Å². The van der Waals surface area contributed by atoms with E-state index in [4.69, 9.17) is 27.4 Å². The van der Waals surface area contributed by atoms with Crippen molar-refractivity contribution in [3.05, 3.63) is 266 Å². The number of hydrogen-bond donors (Lipinski definition) is 0. The van der Waals surface area contributed by atoms with E-state index in [2.05, 4.69) is 81.6 Å². The van der Waals surface area contributed by atoms with Crippen molar-refractivity contribution in [2.75, 3.05) is 0 Å². The molecule has 13 aromatic carbocycles. The van der Waals surface area contributed by atoms with Crippen molar-refractivity contribution in [3.63, 3.8) is 0 Å². The third kappa shape index (κ3) is 6.28. The van der Waals surface area contributed by atoms with E-state index in [0.29, 0.717) is 22.3 Å². The second kappa shape index (κ2) is 16.7. The third-order valence-electron chi connectivity index (χ3n) is 16.6. The maximum atomic E-state index is 9.12. The lowest BCUT2D eigenvalue weighted by molar-refractivity contribution is 1.36. The Morgan fingerprint density at radius 2 is 0.573 bits per heavy atom. The first-order valence-corrected chi connectivity index (χ1v) is 28.2. The number of benzene rings is 13. The van der Waals surface area contributed by atoms with Crippen molar-refractivity contribution < 1.29 is 27.4 Å². The Morgan fingerprint density at radius 1 is 0.244 bits per heavy atom. The Hall–Kier alpha value is -10.1. The van der Waals surface area contributed by atoms with Gasteiger partial charge in [-0.1, -0.05) is 182 Å². The average molecular weight is 1090 g/mol. The van der Waals surface area contributed by atoms with E-state index in [1.807, 2.05) is 36.4 Å². The lowest BCUT2D eigenvalue weighted by Gasteiger charge is -2.12. The molecular formula is C78H44N2S2. The molecule has 19 aromatic rings. The van der Waals surface area contributed by atoms with Crippen molar-refractivity contribution in [1.29, 1.82) is 0 Å². The highest BCUT2D eigenvalue weighted by molar-refractivity contribution is 7.27. The zero-order chi connectivity index (χ0) is 70.7. The highest BCUT2D eigenvalue weighted by Crippen LogP contribution is 2.52. The molecule has 2 nitrogen and oxygen atoms in total. The van der Waals surface area contributed by atoms with Gasteiger partial charge in [0.1, 0.15) is 0 Å². The zero-order valence-corrected chi connectivity index (χ0v) is 44.2. The highest BCUT2D eigenvalue weighted by atomic mass is 32.1. The van der Waals surface area contributed by atoms with Gasteiger partial charge in [-0.05, 0) is 152 Å². The molecule has 378 valence electrons. The van der Waals surface area contributed by atoms with E-state index in [0.717, 1.165) is 117 Å². The zero-order valence-electron chi connectivity index (χ0n) is 62.6. The van der Waals surface area contributed by atoms with Gasteiger partial charge in [-0.2, -0.15) is 0 Å². The number of aromatic nitrogens is 2. The smallest absolute Gasteiger partial charge is 0.0635 e. The molecule has 6 aromatic heterocycles. The Balaban J connectivity index is 0.918. The third-order valence-corrected chi connectivity index (χ3v) is 19.0. The fourth-order valence-electron chi connectivity index (χ4n) is 13.2. The second-order valence-electron chi connectivity index (χ2n) is 20.9. The van der Waals surface area contributed by atoms with E-state index in [1.54, 1.807) is 46.9 Å². The number of hydrogen-bond acceptors (Lipinski definition) is 2. The fourth-order valence-corrected chi connectivity index (χ4v) is 15.6. The van der Waals surface area contributed by atoms with E-state index < -0.39 is 121 Å². The summed E-state index contributed by atoms with van der Waals surface area (Å²) in [6.45, 7) is 0. The fraction of sp³-hybridized carbons (Fsp3) is 0. The Labute approximate surface area is 506 Å². The normalized spacial score (nSPS) is 15.8. The summed E-state index contributed by atoms with van der Waals surface area (Å²) >= 11 is 3.41. The lowest BCUT2D eigenvalue weighted by Crippen LogP contribution is -1.88. The van der Waals surface area contributed by atoms with Crippen LogP contribution >= 0.6 is 22.7 Å². The number of rotatable bonds is 6. The lowest BCUT2D eigenvalue weighted by atomic mass is 9.93. The van der Waals surface area contributed by atoms with Gasteiger partial charge < -0.3 is 8.80 Å². The van der Waals surface area contributed by atoms with Crippen LogP contribution < -0.4 is 0 Å². The molecule has 82 heavy (non-hydrogen) atoms. The molecule has 0 radical (unpaired) electrons. The van der Waals surface area contributed by atoms with Crippen molar-refractivity contribution in [2.24, 2.45) is 0 Å². The molecule has 0 aliphatic carbocycles. The maximum absolute atomic E-state index is 9.12. The van der Waals surface area contributed by atoms with Gasteiger partial charge in [-0.15, -0.1) is 22.7 Å². The van der Waals surface area contributed by atoms with Crippen LogP contribution in [0.25, 0.3) is 183 Å². The van der Waals surface area contributed by atoms with Crippen LogP contribution in [-0.2, 0) is 0 Å². The van der Waals surface area contributed by atoms with E-state index in [-0.39, 0.29) is 44.5 Å². The SMILES string of the molecule is [2H]c1c([2H])c([2H])c(-c2cc(-c3ccc4c5c6sc7ccccc7c6cc6c7cc8c(cc7n(c4c3)c65)c3cc4c5ccccc5sc4c4c5ccc(-c6cc(-c7c([2H])c([2H])c([2H])c([2H])c7[2H])cc(-c7c([2H])c([2H])c([2H])c([2H])c7[2H])c6)cc5n8c34)cc(-c3c([2H])c([2H])c([2H])c([2H])c3[2H])c2)c([2H])c1[2H]. The predicted molar refractivity (Wildman–Crippen MR) is 354 cm³/mol. The quantitative estimate of drug-likeness (QED) is 0.157. The summed E-state index contributed by atoms with van der Waals surface area (Å²) in [5.74, 6) is 0. The monoisotopic (exact) mass is 1090 g/mol. The molecule has 0 bridgehead atoms. The molecule has 0 amide bonds. The van der Waals surface area contributed by atoms with Crippen molar-refractivity contribution in [1.82, 2.24) is 8.80 Å². The minimum absolute atomic E-state index is 0.121. The summed E-state index contributed by atoms with van der Waals surface area (Å²) < 4.78 is 185. The first kappa shape index (κ1) is 29.9. The van der Waals surface area contributed by atoms with Gasteiger partial charge in [0.2, 0.25) is 0 Å². The van der Waals surface area contributed by atoms with Crippen molar-refractivity contribution >= 4 is 139 Å². The Kier molecular flexibility index (Phi) is 6.11. The maximum Gasteiger partial charge on any atom is 0.0635 e. The van der Waals surface area contributed by atoms with E-state index in [1.165, 1.54) is 12.1 Å². The molecule has 6 heterocycles. The summed E-state index contributed by atoms with van der Waals surface area (Å²) in [4.78, 5) is 0. The van der Waals surface area contributed by atoms with Crippen molar-refractivity contribution in [3.8, 4) is 66.8 Å². The molecule has 0 N–H and O–H groups in total. The van der Waals surface area contributed by atoms with Gasteiger partial charge in [0.15, 0.2) is 0 Å². The minimum atomic E-state index is -0.580. The van der Waals surface area contributed by atoms with E-state index >= 15 is 0 Å². The van der Waals surface area contributed by atoms with Gasteiger partial charge in [0.05, 0.1) is 60.5 Å². The average Bonchev–Trinajstić information content (AvgIpc) is 1.50. The van der Waals surface area contributed by atoms with Crippen LogP contribution in [-0.4, -0.2) is 8.80 Å². The van der Waals surface area contributed by atoms with E-state index in [9.17, 15) is 0 Å². The molecule has 4 heteroatoms. The van der Waals surface area contributed by atoms with Crippen LogP contribution in [0.2, 0.25) is 0 Å². The molecule has 0 spiro atoms. The first-order valence-electron chi connectivity index (χ1n) is 36.6. The topological polar surface area (TPSA) is 8.82 Å². The highest BCUT2D eigenvalue weighted by Gasteiger charge is 2.27. The van der Waals surface area contributed by atoms with Gasteiger partial charge in [-0.25, -0.2) is 0 Å². The molecule has 0 saturated heterocycles. The summed E-state index contributed by atoms with van der Waals surface area (Å²) in [7, 11) is 0. The molecule has 0 atom stereocenters. The van der Waals surface area contributed by atoms with Gasteiger partial charge in [-0.3, -0.25) is 0 Å². The summed E-state index contributed by atoms with van der Waals surface area (Å²) in [5, 5.41) is 12.0. The Morgan fingerprint density at radius 3 is 0.939 bits per heavy atom. The Bertz CT molecular complexity index is 6430. The minimum Gasteiger partial charge on any atom is -0.308 e.